The highest BCUT2D eigenvalue weighted by Crippen LogP contribution is 2.21. The lowest BCUT2D eigenvalue weighted by molar-refractivity contribution is -0.139. The number of carboxylic acids is 1. The number of carboxylic acid groups (broad SMARTS) is 1. The van der Waals surface area contributed by atoms with Gasteiger partial charge in [0.15, 0.2) is 0 Å². The van der Waals surface area contributed by atoms with Crippen LogP contribution in [0, 0.1) is 0 Å². The lowest BCUT2D eigenvalue weighted by Crippen LogP contribution is -2.44. The van der Waals surface area contributed by atoms with E-state index in [4.69, 9.17) is 9.47 Å². The van der Waals surface area contributed by atoms with Crippen LogP contribution in [0.3, 0.4) is 0 Å². The minimum absolute atomic E-state index is 0.116. The van der Waals surface area contributed by atoms with E-state index >= 15 is 0 Å². The minimum atomic E-state index is -1.12. The first-order valence-corrected chi connectivity index (χ1v) is 10.3. The Morgan fingerprint density at radius 3 is 2.66 bits per heavy atom. The van der Waals surface area contributed by atoms with Crippen LogP contribution in [0.5, 0.6) is 5.75 Å². The quantitative estimate of drug-likeness (QED) is 0.687. The van der Waals surface area contributed by atoms with E-state index in [1.165, 1.54) is 19.3 Å². The molecule has 0 spiro atoms. The van der Waals surface area contributed by atoms with E-state index in [0.717, 1.165) is 18.7 Å². The van der Waals surface area contributed by atoms with Gasteiger partial charge in [0.2, 0.25) is 0 Å². The van der Waals surface area contributed by atoms with Gasteiger partial charge in [-0.05, 0) is 58.7 Å². The predicted octanol–water partition coefficient (Wildman–Crippen LogP) is 3.46. The van der Waals surface area contributed by atoms with E-state index in [0.29, 0.717) is 18.4 Å². The Labute approximate surface area is 173 Å². The highest BCUT2D eigenvalue weighted by atomic mass is 16.6. The van der Waals surface area contributed by atoms with Gasteiger partial charge in [0, 0.05) is 19.0 Å². The van der Waals surface area contributed by atoms with Gasteiger partial charge in [0.05, 0.1) is 0 Å². The number of rotatable bonds is 8. The van der Waals surface area contributed by atoms with Crippen molar-refractivity contribution in [3.8, 4) is 5.75 Å². The third kappa shape index (κ3) is 7.93. The van der Waals surface area contributed by atoms with Gasteiger partial charge in [-0.25, -0.2) is 9.59 Å². The molecule has 2 unspecified atom stereocenters. The summed E-state index contributed by atoms with van der Waals surface area (Å²) < 4.78 is 11.2. The van der Waals surface area contributed by atoms with Crippen LogP contribution in [0.25, 0.3) is 0 Å². The Morgan fingerprint density at radius 2 is 2.00 bits per heavy atom. The Morgan fingerprint density at radius 1 is 1.28 bits per heavy atom. The van der Waals surface area contributed by atoms with E-state index in [1.807, 2.05) is 24.3 Å². The second-order valence-corrected chi connectivity index (χ2v) is 8.58. The molecule has 1 aromatic carbocycles. The number of hydrogen-bond acceptors (Lipinski definition) is 5. The third-order valence-corrected chi connectivity index (χ3v) is 4.96. The van der Waals surface area contributed by atoms with Gasteiger partial charge in [-0.3, -0.25) is 4.90 Å². The molecule has 1 saturated heterocycles. The Balaban J connectivity index is 1.96. The van der Waals surface area contributed by atoms with Crippen LogP contribution >= 0.6 is 0 Å². The number of likely N-dealkylation sites (tertiary alicyclic amines) is 1. The molecule has 1 aliphatic rings. The van der Waals surface area contributed by atoms with Crippen molar-refractivity contribution in [1.29, 1.82) is 0 Å². The highest BCUT2D eigenvalue weighted by Gasteiger charge is 2.25. The maximum Gasteiger partial charge on any atom is 0.408 e. The first-order chi connectivity index (χ1) is 13.7. The van der Waals surface area contributed by atoms with Crippen molar-refractivity contribution in [2.24, 2.45) is 0 Å². The fourth-order valence-corrected chi connectivity index (χ4v) is 3.45. The maximum absolute atomic E-state index is 12.0. The molecule has 0 radical (unpaired) electrons. The number of ether oxygens (including phenoxy) is 2. The number of piperidine rings is 1. The zero-order chi connectivity index (χ0) is 21.4. The first-order valence-electron chi connectivity index (χ1n) is 10.3. The van der Waals surface area contributed by atoms with Gasteiger partial charge >= 0.3 is 12.1 Å². The Hall–Kier alpha value is -2.28. The average molecular weight is 407 g/mol. The molecule has 2 N–H and O–H groups in total. The summed E-state index contributed by atoms with van der Waals surface area (Å²) in [4.78, 5) is 26.1. The number of amides is 1. The number of nitrogens with one attached hydrogen (secondary N) is 1. The van der Waals surface area contributed by atoms with E-state index < -0.39 is 23.7 Å². The Bertz CT molecular complexity index is 686. The molecule has 1 heterocycles. The van der Waals surface area contributed by atoms with Crippen molar-refractivity contribution in [3.05, 3.63) is 29.8 Å². The van der Waals surface area contributed by atoms with Crippen LogP contribution in [-0.4, -0.2) is 59.5 Å². The second-order valence-electron chi connectivity index (χ2n) is 8.58. The van der Waals surface area contributed by atoms with Gasteiger partial charge in [0.25, 0.3) is 0 Å². The molecule has 7 nitrogen and oxygen atoms in total. The first kappa shape index (κ1) is 23.0. The van der Waals surface area contributed by atoms with Crippen LogP contribution in [0.1, 0.15) is 52.5 Å². The number of para-hydroxylation sites is 1. The summed E-state index contributed by atoms with van der Waals surface area (Å²) in [6.07, 6.45) is 3.08. The summed E-state index contributed by atoms with van der Waals surface area (Å²) in [5.74, 6) is -0.470. The molecule has 7 heteroatoms. The minimum Gasteiger partial charge on any atom is -0.492 e. The molecule has 1 fully saturated rings. The SMILES string of the molecule is CC1CCCCN1CCOc1ccccc1CC(NC(=O)OC(C)(C)C)C(=O)O. The average Bonchev–Trinajstić information content (AvgIpc) is 2.62. The summed E-state index contributed by atoms with van der Waals surface area (Å²) in [5.41, 5.74) is 0.0439. The fraction of sp³-hybridized carbons (Fsp3) is 0.636. The van der Waals surface area contributed by atoms with Crippen LogP contribution in [-0.2, 0) is 16.0 Å². The molecule has 162 valence electrons. The number of nitrogens with zero attached hydrogens (tertiary/aromatic N) is 1. The highest BCUT2D eigenvalue weighted by molar-refractivity contribution is 5.80. The molecule has 0 saturated carbocycles. The Kier molecular flexibility index (Phi) is 8.32. The van der Waals surface area contributed by atoms with Gasteiger partial charge in [-0.15, -0.1) is 0 Å². The van der Waals surface area contributed by atoms with E-state index in [-0.39, 0.29) is 6.42 Å². The van der Waals surface area contributed by atoms with Gasteiger partial charge in [-0.2, -0.15) is 0 Å². The zero-order valence-electron chi connectivity index (χ0n) is 17.9. The molecule has 1 amide bonds. The molecule has 2 atom stereocenters. The van der Waals surface area contributed by atoms with Crippen molar-refractivity contribution < 1.29 is 24.2 Å². The standard InChI is InChI=1S/C22H34N2O5/c1-16-9-7-8-12-24(16)13-14-28-19-11-6-5-10-17(19)15-18(20(25)26)23-21(27)29-22(2,3)4/h5-6,10-11,16,18H,7-9,12-15H2,1-4H3,(H,23,27)(H,25,26). The smallest absolute Gasteiger partial charge is 0.408 e. The molecule has 29 heavy (non-hydrogen) atoms. The van der Waals surface area contributed by atoms with Gasteiger partial charge < -0.3 is 19.9 Å². The van der Waals surface area contributed by atoms with Crippen LogP contribution in [0.15, 0.2) is 24.3 Å². The third-order valence-electron chi connectivity index (χ3n) is 4.96. The van der Waals surface area contributed by atoms with E-state index in [9.17, 15) is 14.7 Å². The summed E-state index contributed by atoms with van der Waals surface area (Å²) in [7, 11) is 0. The number of benzene rings is 1. The zero-order valence-corrected chi connectivity index (χ0v) is 17.9. The van der Waals surface area contributed by atoms with Crippen LogP contribution < -0.4 is 10.1 Å². The van der Waals surface area contributed by atoms with Gasteiger partial charge in [-0.1, -0.05) is 24.6 Å². The number of alkyl carbamates (subject to hydrolysis) is 1. The fourth-order valence-electron chi connectivity index (χ4n) is 3.45. The molecular formula is C22H34N2O5. The monoisotopic (exact) mass is 406 g/mol. The van der Waals surface area contributed by atoms with Crippen molar-refractivity contribution in [3.63, 3.8) is 0 Å². The molecular weight excluding hydrogens is 372 g/mol. The molecule has 0 bridgehead atoms. The van der Waals surface area contributed by atoms with Crippen molar-refractivity contribution in [2.45, 2.75) is 71.1 Å². The maximum atomic E-state index is 12.0. The molecule has 1 aliphatic heterocycles. The summed E-state index contributed by atoms with van der Waals surface area (Å²) >= 11 is 0. The molecule has 2 rings (SSSR count). The normalized spacial score (nSPS) is 18.7. The van der Waals surface area contributed by atoms with Crippen LogP contribution in [0.2, 0.25) is 0 Å². The van der Waals surface area contributed by atoms with Crippen molar-refractivity contribution in [1.82, 2.24) is 10.2 Å². The summed E-state index contributed by atoms with van der Waals surface area (Å²) in [5, 5.41) is 12.0. The number of aliphatic carboxylic acids is 1. The van der Waals surface area contributed by atoms with Crippen molar-refractivity contribution in [2.75, 3.05) is 19.7 Å². The molecule has 1 aromatic rings. The molecule has 0 aromatic heterocycles. The predicted molar refractivity (Wildman–Crippen MR) is 111 cm³/mol. The number of carbonyl (C=O) groups is 2. The lowest BCUT2D eigenvalue weighted by Gasteiger charge is -2.33. The second kappa shape index (κ2) is 10.5. The van der Waals surface area contributed by atoms with Crippen LogP contribution in [0.4, 0.5) is 4.79 Å². The topological polar surface area (TPSA) is 88.1 Å². The number of hydrogen-bond donors (Lipinski definition) is 2. The number of carbonyl (C=O) groups excluding carboxylic acids is 1. The lowest BCUT2D eigenvalue weighted by atomic mass is 10.0. The van der Waals surface area contributed by atoms with Crippen molar-refractivity contribution >= 4 is 12.1 Å². The summed E-state index contributed by atoms with van der Waals surface area (Å²) in [6.45, 7) is 9.91. The van der Waals surface area contributed by atoms with E-state index in [1.54, 1.807) is 20.8 Å². The molecule has 0 aliphatic carbocycles. The van der Waals surface area contributed by atoms with E-state index in [2.05, 4.69) is 17.1 Å². The largest absolute Gasteiger partial charge is 0.492 e. The van der Waals surface area contributed by atoms with Gasteiger partial charge in [0.1, 0.15) is 24.0 Å². The summed E-state index contributed by atoms with van der Waals surface area (Å²) in [6, 6.07) is 6.82.